The van der Waals surface area contributed by atoms with Gasteiger partial charge in [-0.05, 0) is 28.9 Å². The second kappa shape index (κ2) is 6.42. The SMILES string of the molecule is Cc1csc(CCn2c(CCCl)nc3cc(Br)cnc32)n1. The minimum Gasteiger partial charge on any atom is -0.312 e. The van der Waals surface area contributed by atoms with Crippen molar-refractivity contribution >= 4 is 50.0 Å². The topological polar surface area (TPSA) is 43.6 Å². The van der Waals surface area contributed by atoms with Crippen molar-refractivity contribution in [3.63, 3.8) is 0 Å². The summed E-state index contributed by atoms with van der Waals surface area (Å²) >= 11 is 11.0. The van der Waals surface area contributed by atoms with Crippen LogP contribution in [0.3, 0.4) is 0 Å². The fourth-order valence-electron chi connectivity index (χ4n) is 2.27. The lowest BCUT2D eigenvalue weighted by molar-refractivity contribution is 0.667. The number of hydrogen-bond donors (Lipinski definition) is 0. The van der Waals surface area contributed by atoms with Crippen molar-refractivity contribution in [2.45, 2.75) is 26.3 Å². The first-order chi connectivity index (χ1) is 10.2. The monoisotopic (exact) mass is 384 g/mol. The molecule has 0 unspecified atom stereocenters. The van der Waals surface area contributed by atoms with Crippen molar-refractivity contribution in [1.82, 2.24) is 19.5 Å². The molecule has 21 heavy (non-hydrogen) atoms. The molecule has 110 valence electrons. The van der Waals surface area contributed by atoms with Crippen molar-refractivity contribution in [3.05, 3.63) is 38.6 Å². The molecule has 0 aliphatic carbocycles. The maximum absolute atomic E-state index is 5.89. The van der Waals surface area contributed by atoms with Gasteiger partial charge in [0.2, 0.25) is 0 Å². The molecule has 0 bridgehead atoms. The van der Waals surface area contributed by atoms with Crippen molar-refractivity contribution in [2.24, 2.45) is 0 Å². The van der Waals surface area contributed by atoms with Crippen LogP contribution in [-0.4, -0.2) is 25.4 Å². The zero-order valence-electron chi connectivity index (χ0n) is 11.5. The van der Waals surface area contributed by atoms with Gasteiger partial charge in [-0.15, -0.1) is 22.9 Å². The standard InChI is InChI=1S/C14H14BrClN4S/c1-9-8-21-13(18-9)3-5-20-12(2-4-16)19-11-6-10(15)7-17-14(11)20/h6-8H,2-5H2,1H3. The number of imidazole rings is 1. The Kier molecular flexibility index (Phi) is 4.57. The van der Waals surface area contributed by atoms with E-state index in [-0.39, 0.29) is 0 Å². The van der Waals surface area contributed by atoms with E-state index in [1.165, 1.54) is 0 Å². The van der Waals surface area contributed by atoms with E-state index in [2.05, 4.69) is 40.8 Å². The van der Waals surface area contributed by atoms with Gasteiger partial charge in [-0.2, -0.15) is 0 Å². The molecule has 3 rings (SSSR count). The molecule has 0 saturated heterocycles. The summed E-state index contributed by atoms with van der Waals surface area (Å²) in [5, 5.41) is 3.22. The van der Waals surface area contributed by atoms with Crippen molar-refractivity contribution < 1.29 is 0 Å². The summed E-state index contributed by atoms with van der Waals surface area (Å²) in [4.78, 5) is 13.7. The second-order valence-corrected chi connectivity index (χ2v) is 6.98. The van der Waals surface area contributed by atoms with Gasteiger partial charge in [0.1, 0.15) is 11.3 Å². The molecular formula is C14H14BrClN4S. The molecule has 0 radical (unpaired) electrons. The maximum atomic E-state index is 5.89. The van der Waals surface area contributed by atoms with Gasteiger partial charge in [0.05, 0.1) is 5.01 Å². The summed E-state index contributed by atoms with van der Waals surface area (Å²) in [6, 6.07) is 1.99. The van der Waals surface area contributed by atoms with Crippen LogP contribution >= 0.6 is 38.9 Å². The number of fused-ring (bicyclic) bond motifs is 1. The first kappa shape index (κ1) is 14.9. The Balaban J connectivity index is 1.92. The van der Waals surface area contributed by atoms with Crippen LogP contribution in [-0.2, 0) is 19.4 Å². The molecule has 0 atom stereocenters. The number of rotatable bonds is 5. The van der Waals surface area contributed by atoms with E-state index in [0.29, 0.717) is 5.88 Å². The largest absolute Gasteiger partial charge is 0.312 e. The van der Waals surface area contributed by atoms with Crippen molar-refractivity contribution in [3.8, 4) is 0 Å². The fourth-order valence-corrected chi connectivity index (χ4v) is 3.52. The lowest BCUT2D eigenvalue weighted by atomic mass is 10.4. The first-order valence-electron chi connectivity index (χ1n) is 6.65. The van der Waals surface area contributed by atoms with E-state index in [4.69, 9.17) is 11.6 Å². The van der Waals surface area contributed by atoms with Crippen molar-refractivity contribution in [2.75, 3.05) is 5.88 Å². The van der Waals surface area contributed by atoms with Crippen LogP contribution in [0.1, 0.15) is 16.5 Å². The van der Waals surface area contributed by atoms with E-state index in [1.807, 2.05) is 13.0 Å². The predicted octanol–water partition coefficient (Wildman–Crippen LogP) is 3.98. The van der Waals surface area contributed by atoms with Crippen LogP contribution in [0.4, 0.5) is 0 Å². The van der Waals surface area contributed by atoms with Crippen molar-refractivity contribution in [1.29, 1.82) is 0 Å². The molecule has 4 nitrogen and oxygen atoms in total. The number of aromatic nitrogens is 4. The van der Waals surface area contributed by atoms with Gasteiger partial charge in [-0.1, -0.05) is 0 Å². The van der Waals surface area contributed by atoms with Crippen LogP contribution in [0.2, 0.25) is 0 Å². The number of aryl methyl sites for hydroxylation is 4. The Morgan fingerprint density at radius 2 is 2.19 bits per heavy atom. The lowest BCUT2D eigenvalue weighted by Gasteiger charge is -2.06. The Labute approximate surface area is 140 Å². The molecule has 0 spiro atoms. The Bertz CT molecular complexity index is 768. The number of thiazole rings is 1. The van der Waals surface area contributed by atoms with Gasteiger partial charge in [0.15, 0.2) is 5.65 Å². The Morgan fingerprint density at radius 3 is 2.90 bits per heavy atom. The van der Waals surface area contributed by atoms with Crippen LogP contribution in [0.5, 0.6) is 0 Å². The highest BCUT2D eigenvalue weighted by atomic mass is 79.9. The smallest absolute Gasteiger partial charge is 0.160 e. The number of hydrogen-bond acceptors (Lipinski definition) is 4. The average molecular weight is 386 g/mol. The van der Waals surface area contributed by atoms with Gasteiger partial charge in [-0.3, -0.25) is 0 Å². The van der Waals surface area contributed by atoms with E-state index in [9.17, 15) is 0 Å². The highest BCUT2D eigenvalue weighted by Crippen LogP contribution is 2.20. The minimum atomic E-state index is 0.556. The third-order valence-electron chi connectivity index (χ3n) is 3.16. The normalized spacial score (nSPS) is 11.4. The minimum absolute atomic E-state index is 0.556. The first-order valence-corrected chi connectivity index (χ1v) is 8.85. The molecule has 0 fully saturated rings. The zero-order chi connectivity index (χ0) is 14.8. The summed E-state index contributed by atoms with van der Waals surface area (Å²) < 4.78 is 3.09. The van der Waals surface area contributed by atoms with Crippen LogP contribution in [0.25, 0.3) is 11.2 Å². The molecule has 3 heterocycles. The highest BCUT2D eigenvalue weighted by molar-refractivity contribution is 9.10. The van der Waals surface area contributed by atoms with Gasteiger partial charge in [0.25, 0.3) is 0 Å². The number of halogens is 2. The third kappa shape index (κ3) is 3.27. The molecule has 0 amide bonds. The fraction of sp³-hybridized carbons (Fsp3) is 0.357. The number of nitrogens with zero attached hydrogens (tertiary/aromatic N) is 4. The van der Waals surface area contributed by atoms with E-state index in [0.717, 1.165) is 51.5 Å². The Morgan fingerprint density at radius 1 is 1.33 bits per heavy atom. The van der Waals surface area contributed by atoms with Gasteiger partial charge < -0.3 is 4.57 Å². The van der Waals surface area contributed by atoms with Crippen LogP contribution in [0, 0.1) is 6.92 Å². The average Bonchev–Trinajstić information content (AvgIpc) is 3.00. The molecule has 0 saturated carbocycles. The van der Waals surface area contributed by atoms with Gasteiger partial charge >= 0.3 is 0 Å². The molecule has 0 aromatic carbocycles. The number of alkyl halides is 1. The summed E-state index contributed by atoms with van der Waals surface area (Å²) in [7, 11) is 0. The van der Waals surface area contributed by atoms with E-state index in [1.54, 1.807) is 17.5 Å². The van der Waals surface area contributed by atoms with Crippen LogP contribution < -0.4 is 0 Å². The molecule has 0 aliphatic rings. The quantitative estimate of drug-likeness (QED) is 0.624. The Hall–Kier alpha value is -0.980. The van der Waals surface area contributed by atoms with E-state index >= 15 is 0 Å². The maximum Gasteiger partial charge on any atom is 0.160 e. The summed E-state index contributed by atoms with van der Waals surface area (Å²) in [6.45, 7) is 2.84. The molecular weight excluding hydrogens is 372 g/mol. The number of pyridine rings is 1. The van der Waals surface area contributed by atoms with E-state index < -0.39 is 0 Å². The molecule has 0 aliphatic heterocycles. The molecule has 7 heteroatoms. The molecule has 3 aromatic heterocycles. The van der Waals surface area contributed by atoms with Gasteiger partial charge in [0, 0.05) is 47.0 Å². The third-order valence-corrected chi connectivity index (χ3v) is 4.81. The summed E-state index contributed by atoms with van der Waals surface area (Å²) in [6.07, 6.45) is 3.43. The summed E-state index contributed by atoms with van der Waals surface area (Å²) in [5.41, 5.74) is 2.89. The highest BCUT2D eigenvalue weighted by Gasteiger charge is 2.12. The van der Waals surface area contributed by atoms with Crippen LogP contribution in [0.15, 0.2) is 22.1 Å². The predicted molar refractivity (Wildman–Crippen MR) is 90.2 cm³/mol. The second-order valence-electron chi connectivity index (χ2n) is 4.75. The van der Waals surface area contributed by atoms with Gasteiger partial charge in [-0.25, -0.2) is 15.0 Å². The molecule has 3 aromatic rings. The molecule has 0 N–H and O–H groups in total. The zero-order valence-corrected chi connectivity index (χ0v) is 14.7. The lowest BCUT2D eigenvalue weighted by Crippen LogP contribution is -2.07. The summed E-state index contributed by atoms with van der Waals surface area (Å²) in [5.74, 6) is 1.54.